The van der Waals surface area contributed by atoms with E-state index in [1.165, 1.54) is 11.3 Å². The van der Waals surface area contributed by atoms with Crippen molar-refractivity contribution < 1.29 is 9.53 Å². The number of likely N-dealkylation sites (N-methyl/N-ethyl adjacent to an activating group) is 1. The zero-order valence-electron chi connectivity index (χ0n) is 13.8. The fraction of sp³-hybridized carbons (Fsp3) is 0.500. The molecule has 0 aliphatic carbocycles. The van der Waals surface area contributed by atoms with Gasteiger partial charge in [-0.1, -0.05) is 11.6 Å². The van der Waals surface area contributed by atoms with Gasteiger partial charge in [-0.05, 0) is 20.2 Å². The van der Waals surface area contributed by atoms with Gasteiger partial charge in [0.1, 0.15) is 5.15 Å². The number of aromatic nitrogens is 1. The number of thiophene rings is 1. The Bertz CT molecular complexity index is 728. The third-order valence-electron chi connectivity index (χ3n) is 3.85. The lowest BCUT2D eigenvalue weighted by Gasteiger charge is -2.29. The molecule has 2 aromatic heterocycles. The molecule has 130 valence electrons. The second kappa shape index (κ2) is 7.65. The number of morpholine rings is 1. The average molecular weight is 369 g/mol. The van der Waals surface area contributed by atoms with Crippen LogP contribution in [0.4, 0.5) is 5.69 Å². The third-order valence-corrected chi connectivity index (χ3v) is 5.19. The second-order valence-electron chi connectivity index (χ2n) is 5.95. The van der Waals surface area contributed by atoms with E-state index >= 15 is 0 Å². The van der Waals surface area contributed by atoms with Crippen LogP contribution < -0.4 is 10.2 Å². The molecule has 1 amide bonds. The molecule has 1 saturated heterocycles. The summed E-state index contributed by atoms with van der Waals surface area (Å²) >= 11 is 7.64. The van der Waals surface area contributed by atoms with Crippen LogP contribution in [0.1, 0.15) is 9.67 Å². The third kappa shape index (κ3) is 3.97. The number of ether oxygens (including phenoxy) is 1. The van der Waals surface area contributed by atoms with Crippen molar-refractivity contribution in [1.82, 2.24) is 15.2 Å². The Morgan fingerprint density at radius 2 is 2.17 bits per heavy atom. The lowest BCUT2D eigenvalue weighted by molar-refractivity contribution is 0.0955. The van der Waals surface area contributed by atoms with Gasteiger partial charge >= 0.3 is 0 Å². The van der Waals surface area contributed by atoms with E-state index < -0.39 is 0 Å². The minimum Gasteiger partial charge on any atom is -0.378 e. The highest BCUT2D eigenvalue weighted by Crippen LogP contribution is 2.35. The van der Waals surface area contributed by atoms with Gasteiger partial charge in [0.2, 0.25) is 0 Å². The number of fused-ring (bicyclic) bond motifs is 1. The quantitative estimate of drug-likeness (QED) is 0.819. The molecular weight excluding hydrogens is 348 g/mol. The number of anilines is 1. The van der Waals surface area contributed by atoms with Gasteiger partial charge in [0.15, 0.2) is 0 Å². The SMILES string of the molecule is CN(C)CCNC(=O)c1cc2nc(Cl)cc(N3CCOCC3)c2s1. The maximum atomic E-state index is 12.4. The van der Waals surface area contributed by atoms with Gasteiger partial charge in [0, 0.05) is 32.2 Å². The molecule has 0 radical (unpaired) electrons. The molecule has 1 fully saturated rings. The predicted octanol–water partition coefficient (Wildman–Crippen LogP) is 2.08. The van der Waals surface area contributed by atoms with Crippen molar-refractivity contribution in [3.05, 3.63) is 22.2 Å². The number of amides is 1. The molecule has 1 N–H and O–H groups in total. The van der Waals surface area contributed by atoms with Crippen molar-refractivity contribution >= 4 is 44.7 Å². The molecule has 0 atom stereocenters. The van der Waals surface area contributed by atoms with Crippen LogP contribution in [0.15, 0.2) is 12.1 Å². The van der Waals surface area contributed by atoms with Gasteiger partial charge in [-0.25, -0.2) is 4.98 Å². The minimum absolute atomic E-state index is 0.0658. The Morgan fingerprint density at radius 1 is 1.42 bits per heavy atom. The maximum absolute atomic E-state index is 12.4. The largest absolute Gasteiger partial charge is 0.378 e. The fourth-order valence-electron chi connectivity index (χ4n) is 2.60. The summed E-state index contributed by atoms with van der Waals surface area (Å²) in [6.07, 6.45) is 0. The summed E-state index contributed by atoms with van der Waals surface area (Å²) in [7, 11) is 3.96. The number of nitrogens with one attached hydrogen (secondary N) is 1. The van der Waals surface area contributed by atoms with Crippen LogP contribution >= 0.6 is 22.9 Å². The van der Waals surface area contributed by atoms with Gasteiger partial charge in [-0.2, -0.15) is 0 Å². The van der Waals surface area contributed by atoms with Crippen LogP contribution in [0.3, 0.4) is 0 Å². The second-order valence-corrected chi connectivity index (χ2v) is 7.39. The molecule has 3 heterocycles. The Labute approximate surface area is 150 Å². The monoisotopic (exact) mass is 368 g/mol. The van der Waals surface area contributed by atoms with Crippen LogP contribution in [-0.4, -0.2) is 69.3 Å². The van der Waals surface area contributed by atoms with Gasteiger partial charge in [-0.15, -0.1) is 11.3 Å². The molecule has 0 saturated carbocycles. The molecule has 3 rings (SSSR count). The standard InChI is InChI=1S/C16H21ClN4O2S/c1-20(2)4-3-18-16(22)13-9-11-15(24-13)12(10-14(17)19-11)21-5-7-23-8-6-21/h9-10H,3-8H2,1-2H3,(H,18,22). The molecule has 6 nitrogen and oxygen atoms in total. The number of carbonyl (C=O) groups is 1. The Hall–Kier alpha value is -1.41. The van der Waals surface area contributed by atoms with E-state index in [0.29, 0.717) is 29.8 Å². The Balaban J connectivity index is 1.85. The summed E-state index contributed by atoms with van der Waals surface area (Å²) < 4.78 is 6.41. The number of rotatable bonds is 5. The number of nitrogens with zero attached hydrogens (tertiary/aromatic N) is 3. The Kier molecular flexibility index (Phi) is 5.55. The minimum atomic E-state index is -0.0658. The number of carbonyl (C=O) groups excluding carboxylic acids is 1. The first kappa shape index (κ1) is 17.4. The first-order valence-corrected chi connectivity index (χ1v) is 9.10. The van der Waals surface area contributed by atoms with E-state index in [0.717, 1.165) is 35.5 Å². The van der Waals surface area contributed by atoms with Crippen LogP contribution in [0.5, 0.6) is 0 Å². The molecule has 1 aliphatic rings. The van der Waals surface area contributed by atoms with Gasteiger partial charge < -0.3 is 19.9 Å². The van der Waals surface area contributed by atoms with Crippen LogP contribution in [-0.2, 0) is 4.74 Å². The molecule has 0 aromatic carbocycles. The summed E-state index contributed by atoms with van der Waals surface area (Å²) in [6.45, 7) is 4.45. The molecule has 8 heteroatoms. The van der Waals surface area contributed by atoms with E-state index in [2.05, 4.69) is 15.2 Å². The first-order chi connectivity index (χ1) is 11.5. The van der Waals surface area contributed by atoms with Gasteiger partial charge in [0.25, 0.3) is 5.91 Å². The topological polar surface area (TPSA) is 57.7 Å². The number of hydrogen-bond acceptors (Lipinski definition) is 6. The highest BCUT2D eigenvalue weighted by Gasteiger charge is 2.19. The number of halogens is 1. The smallest absolute Gasteiger partial charge is 0.261 e. The zero-order valence-corrected chi connectivity index (χ0v) is 15.4. The van der Waals surface area contributed by atoms with E-state index in [1.54, 1.807) is 0 Å². The maximum Gasteiger partial charge on any atom is 0.261 e. The van der Waals surface area contributed by atoms with Crippen LogP contribution in [0.25, 0.3) is 10.2 Å². The van der Waals surface area contributed by atoms with Gasteiger partial charge in [-0.3, -0.25) is 4.79 Å². The Morgan fingerprint density at radius 3 is 2.88 bits per heavy atom. The van der Waals surface area contributed by atoms with Crippen molar-refractivity contribution in [3.8, 4) is 0 Å². The summed E-state index contributed by atoms with van der Waals surface area (Å²) in [6, 6.07) is 3.69. The predicted molar refractivity (Wildman–Crippen MR) is 98.5 cm³/mol. The number of pyridine rings is 1. The zero-order chi connectivity index (χ0) is 17.1. The molecule has 0 spiro atoms. The average Bonchev–Trinajstić information content (AvgIpc) is 2.98. The highest BCUT2D eigenvalue weighted by molar-refractivity contribution is 7.21. The molecule has 0 bridgehead atoms. The lowest BCUT2D eigenvalue weighted by Crippen LogP contribution is -2.36. The fourth-order valence-corrected chi connectivity index (χ4v) is 3.86. The molecule has 2 aromatic rings. The van der Waals surface area contributed by atoms with E-state index in [4.69, 9.17) is 16.3 Å². The summed E-state index contributed by atoms with van der Waals surface area (Å²) in [5, 5.41) is 3.39. The highest BCUT2D eigenvalue weighted by atomic mass is 35.5. The van der Waals surface area contributed by atoms with E-state index in [1.807, 2.05) is 31.1 Å². The van der Waals surface area contributed by atoms with E-state index in [9.17, 15) is 4.79 Å². The van der Waals surface area contributed by atoms with Crippen molar-refractivity contribution in [2.75, 3.05) is 58.4 Å². The lowest BCUT2D eigenvalue weighted by atomic mass is 10.3. The van der Waals surface area contributed by atoms with Crippen LogP contribution in [0, 0.1) is 0 Å². The summed E-state index contributed by atoms with van der Waals surface area (Å²) in [5.74, 6) is -0.0658. The summed E-state index contributed by atoms with van der Waals surface area (Å²) in [5.41, 5.74) is 1.80. The van der Waals surface area contributed by atoms with Crippen molar-refractivity contribution in [2.24, 2.45) is 0 Å². The van der Waals surface area contributed by atoms with Crippen molar-refractivity contribution in [1.29, 1.82) is 0 Å². The van der Waals surface area contributed by atoms with Crippen LogP contribution in [0.2, 0.25) is 5.15 Å². The molecule has 24 heavy (non-hydrogen) atoms. The van der Waals surface area contributed by atoms with Crippen molar-refractivity contribution in [3.63, 3.8) is 0 Å². The first-order valence-electron chi connectivity index (χ1n) is 7.90. The molecule has 1 aliphatic heterocycles. The number of hydrogen-bond donors (Lipinski definition) is 1. The van der Waals surface area contributed by atoms with Crippen molar-refractivity contribution in [2.45, 2.75) is 0 Å². The molecular formula is C16H21ClN4O2S. The summed E-state index contributed by atoms with van der Waals surface area (Å²) in [4.78, 5) is 21.7. The normalized spacial score (nSPS) is 15.2. The van der Waals surface area contributed by atoms with Gasteiger partial charge in [0.05, 0.1) is 34.0 Å². The molecule has 0 unspecified atom stereocenters. The van der Waals surface area contributed by atoms with E-state index in [-0.39, 0.29) is 5.91 Å².